The van der Waals surface area contributed by atoms with Gasteiger partial charge in [-0.1, -0.05) is 77.9 Å². The summed E-state index contributed by atoms with van der Waals surface area (Å²) in [5.41, 5.74) is 2.86. The first kappa shape index (κ1) is 22.3. The molecule has 0 heterocycles. The quantitative estimate of drug-likeness (QED) is 0.298. The Morgan fingerprint density at radius 3 is 1.93 bits per heavy atom. The van der Waals surface area contributed by atoms with E-state index in [1.165, 1.54) is 32.7 Å². The Balaban J connectivity index is 1.81. The maximum Gasteiger partial charge on any atom is 0.305 e. The molecule has 0 bridgehead atoms. The molecule has 0 saturated heterocycles. The van der Waals surface area contributed by atoms with E-state index >= 15 is 0 Å². The topological polar surface area (TPSA) is 26.3 Å². The minimum atomic E-state index is -0.0766. The van der Waals surface area contributed by atoms with Crippen molar-refractivity contribution in [3.05, 3.63) is 59.7 Å². The lowest BCUT2D eigenvalue weighted by molar-refractivity contribution is -0.143. The molecule has 0 aromatic heterocycles. The minimum absolute atomic E-state index is 0.0181. The number of fused-ring (bicyclic) bond motifs is 2. The largest absolute Gasteiger partial charge is 0.466 e. The highest BCUT2D eigenvalue weighted by Crippen LogP contribution is 2.34. The molecule has 0 fully saturated rings. The molecule has 30 heavy (non-hydrogen) atoms. The summed E-state index contributed by atoms with van der Waals surface area (Å²) in [6, 6.07) is 18.2. The highest BCUT2D eigenvalue weighted by molar-refractivity contribution is 5.98. The molecule has 0 atom stereocenters. The van der Waals surface area contributed by atoms with Crippen LogP contribution < -0.4 is 0 Å². The second-order valence-electron chi connectivity index (χ2n) is 10.2. The van der Waals surface area contributed by atoms with Crippen molar-refractivity contribution in [1.82, 2.24) is 0 Å². The van der Waals surface area contributed by atoms with Crippen LogP contribution in [-0.4, -0.2) is 12.6 Å². The van der Waals surface area contributed by atoms with Crippen molar-refractivity contribution in [2.45, 2.75) is 78.1 Å². The highest BCUT2D eigenvalue weighted by Gasteiger charge is 2.21. The normalized spacial score (nSPS) is 12.5. The highest BCUT2D eigenvalue weighted by atomic mass is 16.5. The average Bonchev–Trinajstić information content (AvgIpc) is 2.69. The van der Waals surface area contributed by atoms with Gasteiger partial charge >= 0.3 is 5.97 Å². The second kappa shape index (κ2) is 8.79. The number of carbonyl (C=O) groups is 1. The predicted octanol–water partition coefficient (Wildman–Crippen LogP) is 7.69. The van der Waals surface area contributed by atoms with Crippen molar-refractivity contribution in [3.8, 4) is 0 Å². The number of rotatable bonds is 7. The Labute approximate surface area is 181 Å². The summed E-state index contributed by atoms with van der Waals surface area (Å²) in [5.74, 6) is -0.0766. The van der Waals surface area contributed by atoms with Gasteiger partial charge in [-0.15, -0.1) is 0 Å². The fourth-order valence-electron chi connectivity index (χ4n) is 3.99. The van der Waals surface area contributed by atoms with Gasteiger partial charge < -0.3 is 4.74 Å². The number of hydrogen-bond acceptors (Lipinski definition) is 2. The van der Waals surface area contributed by atoms with Gasteiger partial charge in [0.25, 0.3) is 0 Å². The zero-order valence-electron chi connectivity index (χ0n) is 19.5. The lowest BCUT2D eigenvalue weighted by atomic mass is 9.79. The van der Waals surface area contributed by atoms with E-state index in [0.717, 1.165) is 19.3 Å². The third-order valence-corrected chi connectivity index (χ3v) is 6.09. The molecule has 0 radical (unpaired) electrons. The Kier molecular flexibility index (Phi) is 6.55. The lowest BCUT2D eigenvalue weighted by Crippen LogP contribution is -2.18. The van der Waals surface area contributed by atoms with Crippen molar-refractivity contribution in [1.29, 1.82) is 0 Å². The zero-order chi connectivity index (χ0) is 21.9. The van der Waals surface area contributed by atoms with Gasteiger partial charge in [0.1, 0.15) is 0 Å². The molecule has 0 amide bonds. The summed E-state index contributed by atoms with van der Waals surface area (Å²) in [4.78, 5) is 11.8. The zero-order valence-corrected chi connectivity index (χ0v) is 19.5. The molecule has 2 nitrogen and oxygen atoms in total. The third kappa shape index (κ3) is 5.22. The van der Waals surface area contributed by atoms with Crippen LogP contribution in [-0.2, 0) is 20.4 Å². The van der Waals surface area contributed by atoms with Crippen LogP contribution in [0.2, 0.25) is 0 Å². The van der Waals surface area contributed by atoms with Crippen LogP contribution in [0.5, 0.6) is 0 Å². The van der Waals surface area contributed by atoms with Crippen LogP contribution >= 0.6 is 0 Å². The Morgan fingerprint density at radius 2 is 1.37 bits per heavy atom. The van der Waals surface area contributed by atoms with Gasteiger partial charge in [-0.2, -0.15) is 0 Å². The molecule has 3 rings (SSSR count). The molecule has 2 heteroatoms. The van der Waals surface area contributed by atoms with Crippen molar-refractivity contribution in [3.63, 3.8) is 0 Å². The van der Waals surface area contributed by atoms with Crippen molar-refractivity contribution in [2.75, 3.05) is 6.61 Å². The lowest BCUT2D eigenvalue weighted by Gasteiger charge is -2.26. The molecule has 0 aliphatic rings. The van der Waals surface area contributed by atoms with Crippen molar-refractivity contribution in [2.24, 2.45) is 0 Å². The fraction of sp³-hybridized carbons (Fsp3) is 0.464. The summed E-state index contributed by atoms with van der Waals surface area (Å²) in [7, 11) is 0. The van der Waals surface area contributed by atoms with Crippen LogP contribution in [0.25, 0.3) is 21.5 Å². The van der Waals surface area contributed by atoms with Crippen LogP contribution in [0.1, 0.15) is 78.4 Å². The second-order valence-corrected chi connectivity index (χ2v) is 10.2. The van der Waals surface area contributed by atoms with E-state index < -0.39 is 0 Å². The minimum Gasteiger partial charge on any atom is -0.466 e. The predicted molar refractivity (Wildman–Crippen MR) is 128 cm³/mol. The third-order valence-electron chi connectivity index (χ3n) is 6.09. The Bertz CT molecular complexity index is 1040. The molecule has 0 saturated carbocycles. The van der Waals surface area contributed by atoms with Crippen LogP contribution in [0.4, 0.5) is 0 Å². The van der Waals surface area contributed by atoms with Gasteiger partial charge in [-0.25, -0.2) is 0 Å². The number of esters is 1. The molecule has 0 N–H and O–H groups in total. The molecule has 3 aromatic rings. The smallest absolute Gasteiger partial charge is 0.305 e. The SMILES string of the molecule is CCCOC(=O)CCCC(C)(C)c1ccc2cc3cc(C(C)(C)C)ccc3cc2c1. The fourth-order valence-corrected chi connectivity index (χ4v) is 3.99. The van der Waals surface area contributed by atoms with Gasteiger partial charge in [-0.05, 0) is 74.9 Å². The maximum absolute atomic E-state index is 11.8. The molecule has 0 aliphatic carbocycles. The van der Waals surface area contributed by atoms with Crippen LogP contribution in [0.15, 0.2) is 48.5 Å². The number of ether oxygens (including phenoxy) is 1. The summed E-state index contributed by atoms with van der Waals surface area (Å²) in [6.07, 6.45) is 3.18. The maximum atomic E-state index is 11.8. The molecule has 0 unspecified atom stereocenters. The van der Waals surface area contributed by atoms with E-state index in [1.807, 2.05) is 6.92 Å². The molecule has 0 spiro atoms. The summed E-state index contributed by atoms with van der Waals surface area (Å²) >= 11 is 0. The van der Waals surface area contributed by atoms with Gasteiger partial charge in [0, 0.05) is 6.42 Å². The first-order valence-corrected chi connectivity index (χ1v) is 11.2. The van der Waals surface area contributed by atoms with Crippen LogP contribution in [0, 0.1) is 0 Å². The Morgan fingerprint density at radius 1 is 0.800 bits per heavy atom. The van der Waals surface area contributed by atoms with E-state index in [-0.39, 0.29) is 16.8 Å². The molecule has 3 aromatic carbocycles. The molecular formula is C28H36O2. The van der Waals surface area contributed by atoms with E-state index in [1.54, 1.807) is 0 Å². The van der Waals surface area contributed by atoms with Crippen molar-refractivity contribution >= 4 is 27.5 Å². The summed E-state index contributed by atoms with van der Waals surface area (Å²) in [5, 5.41) is 5.13. The first-order chi connectivity index (χ1) is 14.1. The average molecular weight is 405 g/mol. The van der Waals surface area contributed by atoms with E-state index in [9.17, 15) is 4.79 Å². The standard InChI is InChI=1S/C28H36O2/c1-7-15-30-26(29)9-8-14-28(5,6)25-13-11-21-16-22-18-24(27(2,3)4)12-10-20(22)17-23(21)19-25/h10-13,16-19H,7-9,14-15H2,1-6H3. The number of hydrogen-bond donors (Lipinski definition) is 0. The summed E-state index contributed by atoms with van der Waals surface area (Å²) in [6.45, 7) is 13.8. The first-order valence-electron chi connectivity index (χ1n) is 11.2. The van der Waals surface area contributed by atoms with Crippen LogP contribution in [0.3, 0.4) is 0 Å². The van der Waals surface area contributed by atoms with E-state index in [4.69, 9.17) is 4.74 Å². The monoisotopic (exact) mass is 404 g/mol. The number of benzene rings is 3. The van der Waals surface area contributed by atoms with E-state index in [2.05, 4.69) is 83.1 Å². The number of carbonyl (C=O) groups excluding carboxylic acids is 1. The molecule has 0 aliphatic heterocycles. The molecule has 160 valence electrons. The van der Waals surface area contributed by atoms with Gasteiger partial charge in [0.2, 0.25) is 0 Å². The van der Waals surface area contributed by atoms with Gasteiger partial charge in [0.05, 0.1) is 6.61 Å². The van der Waals surface area contributed by atoms with Gasteiger partial charge in [-0.3, -0.25) is 4.79 Å². The van der Waals surface area contributed by atoms with Gasteiger partial charge in [0.15, 0.2) is 0 Å². The molecular weight excluding hydrogens is 368 g/mol. The van der Waals surface area contributed by atoms with E-state index in [0.29, 0.717) is 13.0 Å². The summed E-state index contributed by atoms with van der Waals surface area (Å²) < 4.78 is 5.20. The van der Waals surface area contributed by atoms with Crippen molar-refractivity contribution < 1.29 is 9.53 Å². The Hall–Kier alpha value is -2.35.